The Morgan fingerprint density at radius 3 is 2.55 bits per heavy atom. The topological polar surface area (TPSA) is 73.6 Å². The molecule has 0 radical (unpaired) electrons. The van der Waals surface area contributed by atoms with E-state index in [0.29, 0.717) is 0 Å². The first-order chi connectivity index (χ1) is 14.6. The fourth-order valence-electron chi connectivity index (χ4n) is 5.29. The predicted octanol–water partition coefficient (Wildman–Crippen LogP) is 2.54. The average Bonchev–Trinajstić information content (AvgIpc) is 3.15. The Morgan fingerprint density at radius 1 is 1.10 bits per heavy atom. The van der Waals surface area contributed by atoms with E-state index < -0.39 is 0 Å². The third-order valence-electron chi connectivity index (χ3n) is 7.11. The second kappa shape index (κ2) is 11.3. The lowest BCUT2D eigenvalue weighted by atomic mass is 9.84. The summed E-state index contributed by atoms with van der Waals surface area (Å²) in [6, 6.07) is 0.182. The summed E-state index contributed by atoms with van der Waals surface area (Å²) in [4.78, 5) is 15.1. The third kappa shape index (κ3) is 5.90. The van der Waals surface area contributed by atoms with Gasteiger partial charge in [-0.15, -0.1) is 24.0 Å². The van der Waals surface area contributed by atoms with Crippen LogP contribution in [0.4, 0.5) is 0 Å². The van der Waals surface area contributed by atoms with Crippen molar-refractivity contribution in [1.82, 2.24) is 35.2 Å². The van der Waals surface area contributed by atoms with Crippen molar-refractivity contribution in [2.45, 2.75) is 76.9 Å². The molecule has 0 amide bonds. The van der Waals surface area contributed by atoms with Crippen LogP contribution in [0.2, 0.25) is 0 Å². The molecule has 4 heterocycles. The van der Waals surface area contributed by atoms with Gasteiger partial charge in [-0.3, -0.25) is 9.89 Å². The van der Waals surface area contributed by atoms with Crippen LogP contribution in [0.25, 0.3) is 0 Å². The maximum Gasteiger partial charge on any atom is 0.191 e. The quantitative estimate of drug-likeness (QED) is 0.337. The van der Waals surface area contributed by atoms with Gasteiger partial charge in [-0.05, 0) is 85.6 Å². The minimum atomic E-state index is 0. The zero-order chi connectivity index (χ0) is 21.0. The summed E-state index contributed by atoms with van der Waals surface area (Å²) >= 11 is 0. The van der Waals surface area contributed by atoms with E-state index in [9.17, 15) is 0 Å². The van der Waals surface area contributed by atoms with Gasteiger partial charge in [0, 0.05) is 18.6 Å². The molecule has 9 heteroatoms. The number of fused-ring (bicyclic) bond motifs is 1. The van der Waals surface area contributed by atoms with Crippen molar-refractivity contribution in [3.8, 4) is 0 Å². The van der Waals surface area contributed by atoms with Crippen molar-refractivity contribution >= 4 is 29.9 Å². The lowest BCUT2D eigenvalue weighted by molar-refractivity contribution is 0.0208. The summed E-state index contributed by atoms with van der Waals surface area (Å²) in [5.41, 5.74) is 0.207. The molecular formula is C22H41IN8. The molecule has 0 bridgehead atoms. The Hall–Kier alpha value is -0.940. The number of piperidine rings is 2. The van der Waals surface area contributed by atoms with E-state index >= 15 is 0 Å². The van der Waals surface area contributed by atoms with Crippen molar-refractivity contribution < 1.29 is 0 Å². The first-order valence-corrected chi connectivity index (χ1v) is 12.0. The van der Waals surface area contributed by atoms with Gasteiger partial charge in [0.05, 0.1) is 12.6 Å². The fraction of sp³-hybridized carbons (Fsp3) is 0.864. The fourth-order valence-corrected chi connectivity index (χ4v) is 5.29. The van der Waals surface area contributed by atoms with Crippen LogP contribution in [0.5, 0.6) is 0 Å². The van der Waals surface area contributed by atoms with Gasteiger partial charge in [0.25, 0.3) is 0 Å². The summed E-state index contributed by atoms with van der Waals surface area (Å²) in [7, 11) is 2.25. The van der Waals surface area contributed by atoms with Gasteiger partial charge in [0.1, 0.15) is 11.6 Å². The number of nitrogens with one attached hydrogen (secondary N) is 2. The molecule has 8 nitrogen and oxygen atoms in total. The molecule has 3 aliphatic rings. The Morgan fingerprint density at radius 2 is 1.84 bits per heavy atom. The highest BCUT2D eigenvalue weighted by atomic mass is 127. The Labute approximate surface area is 204 Å². The molecule has 1 aromatic rings. The number of guanidine groups is 1. The normalized spacial score (nSPS) is 24.9. The van der Waals surface area contributed by atoms with E-state index in [-0.39, 0.29) is 35.6 Å². The molecule has 3 aliphatic heterocycles. The van der Waals surface area contributed by atoms with Crippen molar-refractivity contribution in [3.63, 3.8) is 0 Å². The molecular weight excluding hydrogens is 503 g/mol. The molecule has 0 aliphatic carbocycles. The molecule has 1 unspecified atom stereocenters. The number of aliphatic imine (C=N–C) groups is 1. The predicted molar refractivity (Wildman–Crippen MR) is 136 cm³/mol. The maximum absolute atomic E-state index is 5.16. The van der Waals surface area contributed by atoms with E-state index in [2.05, 4.69) is 49.2 Å². The van der Waals surface area contributed by atoms with Crippen LogP contribution in [0.1, 0.15) is 69.6 Å². The van der Waals surface area contributed by atoms with Crippen LogP contribution in [-0.4, -0.2) is 82.4 Å². The van der Waals surface area contributed by atoms with Gasteiger partial charge in [-0.1, -0.05) is 6.42 Å². The Bertz CT molecular complexity index is 719. The Balaban J connectivity index is 0.00000272. The number of halogens is 1. The highest BCUT2D eigenvalue weighted by molar-refractivity contribution is 14.0. The highest BCUT2D eigenvalue weighted by Crippen LogP contribution is 2.32. The van der Waals surface area contributed by atoms with Crippen LogP contribution in [0, 0.1) is 6.92 Å². The van der Waals surface area contributed by atoms with Crippen molar-refractivity contribution in [1.29, 1.82) is 0 Å². The largest absolute Gasteiger partial charge is 0.357 e. The number of hydrogen-bond acceptors (Lipinski definition) is 5. The lowest BCUT2D eigenvalue weighted by Crippen LogP contribution is -2.58. The smallest absolute Gasteiger partial charge is 0.191 e. The highest BCUT2D eigenvalue weighted by Gasteiger charge is 2.39. The zero-order valence-corrected chi connectivity index (χ0v) is 21.9. The summed E-state index contributed by atoms with van der Waals surface area (Å²) in [5, 5.41) is 11.7. The summed E-state index contributed by atoms with van der Waals surface area (Å²) in [6.45, 7) is 11.6. The first-order valence-electron chi connectivity index (χ1n) is 12.0. The number of likely N-dealkylation sites (tertiary alicyclic amines) is 2. The van der Waals surface area contributed by atoms with Crippen molar-refractivity contribution in [2.24, 2.45) is 4.99 Å². The molecule has 0 spiro atoms. The summed E-state index contributed by atoms with van der Waals surface area (Å²) in [5.74, 6) is 2.83. The van der Waals surface area contributed by atoms with Crippen LogP contribution >= 0.6 is 24.0 Å². The van der Waals surface area contributed by atoms with E-state index in [0.717, 1.165) is 50.1 Å². The molecule has 2 saturated heterocycles. The van der Waals surface area contributed by atoms with Gasteiger partial charge in [-0.2, -0.15) is 5.10 Å². The number of aromatic nitrogens is 3. The second-order valence-electron chi connectivity index (χ2n) is 9.35. The van der Waals surface area contributed by atoms with Crippen LogP contribution < -0.4 is 10.6 Å². The standard InChI is InChI=1S/C22H40N8.HI/c1-4-23-21(26-19-9-8-14-30-20(19)25-18(2)27-30)24-17-22(10-15-28(3)16-11-22)29-12-6-5-7-13-29;/h19H,4-17H2,1-3H3,(H2,23,24,26);1H. The first kappa shape index (κ1) is 24.7. The SMILES string of the molecule is CCNC(=NCC1(N2CCCCC2)CCN(C)CC1)NC1CCCn2nc(C)nc21.I. The third-order valence-corrected chi connectivity index (χ3v) is 7.11. The molecule has 4 rings (SSSR count). The molecule has 2 fully saturated rings. The summed E-state index contributed by atoms with van der Waals surface area (Å²) in [6.07, 6.45) is 8.66. The molecule has 31 heavy (non-hydrogen) atoms. The lowest BCUT2D eigenvalue weighted by Gasteiger charge is -2.49. The number of nitrogens with zero attached hydrogens (tertiary/aromatic N) is 6. The molecule has 1 atom stereocenters. The van der Waals surface area contributed by atoms with Gasteiger partial charge in [0.2, 0.25) is 0 Å². The maximum atomic E-state index is 5.16. The van der Waals surface area contributed by atoms with E-state index in [1.54, 1.807) is 0 Å². The number of hydrogen-bond donors (Lipinski definition) is 2. The van der Waals surface area contributed by atoms with E-state index in [1.807, 2.05) is 6.92 Å². The van der Waals surface area contributed by atoms with Gasteiger partial charge in [-0.25, -0.2) is 9.67 Å². The zero-order valence-electron chi connectivity index (χ0n) is 19.6. The molecule has 1 aromatic heterocycles. The number of rotatable bonds is 5. The van der Waals surface area contributed by atoms with Crippen molar-refractivity contribution in [2.75, 3.05) is 46.3 Å². The van der Waals surface area contributed by atoms with E-state index in [1.165, 1.54) is 58.3 Å². The van der Waals surface area contributed by atoms with E-state index in [4.69, 9.17) is 4.99 Å². The van der Waals surface area contributed by atoms with Gasteiger partial charge >= 0.3 is 0 Å². The van der Waals surface area contributed by atoms with Crippen LogP contribution in [0.3, 0.4) is 0 Å². The minimum Gasteiger partial charge on any atom is -0.357 e. The average molecular weight is 545 g/mol. The molecule has 0 aromatic carbocycles. The number of aryl methyl sites for hydroxylation is 2. The molecule has 176 valence electrons. The monoisotopic (exact) mass is 544 g/mol. The van der Waals surface area contributed by atoms with Crippen LogP contribution in [0.15, 0.2) is 4.99 Å². The van der Waals surface area contributed by atoms with Crippen LogP contribution in [-0.2, 0) is 6.54 Å². The second-order valence-corrected chi connectivity index (χ2v) is 9.35. The molecule has 2 N–H and O–H groups in total. The summed E-state index contributed by atoms with van der Waals surface area (Å²) < 4.78 is 2.06. The minimum absolute atomic E-state index is 0. The molecule has 0 saturated carbocycles. The van der Waals surface area contributed by atoms with Gasteiger partial charge in [0.15, 0.2) is 5.96 Å². The van der Waals surface area contributed by atoms with Gasteiger partial charge < -0.3 is 15.5 Å². The van der Waals surface area contributed by atoms with Crippen molar-refractivity contribution in [3.05, 3.63) is 11.6 Å². The Kier molecular flexibility index (Phi) is 8.98.